The quantitative estimate of drug-likeness (QED) is 0.863. The summed E-state index contributed by atoms with van der Waals surface area (Å²) in [7, 11) is 0. The smallest absolute Gasteiger partial charge is 0.0264 e. The predicted octanol–water partition coefficient (Wildman–Crippen LogP) is 2.57. The van der Waals surface area contributed by atoms with Gasteiger partial charge in [-0.2, -0.15) is 0 Å². The Hall–Kier alpha value is -0.120. The average Bonchev–Trinajstić information content (AvgIpc) is 2.49. The third-order valence-corrected chi connectivity index (χ3v) is 6.10. The van der Waals surface area contributed by atoms with Crippen LogP contribution in [-0.4, -0.2) is 61.2 Å². The molecule has 21 heavy (non-hydrogen) atoms. The Morgan fingerprint density at radius 1 is 1.00 bits per heavy atom. The summed E-state index contributed by atoms with van der Waals surface area (Å²) in [5.74, 6) is 1.80. The van der Waals surface area contributed by atoms with E-state index in [0.717, 1.165) is 23.9 Å². The Labute approximate surface area is 131 Å². The molecule has 1 N–H and O–H groups in total. The minimum atomic E-state index is 0.784. The number of nitrogens with one attached hydrogen (secondary N) is 1. The molecule has 0 aromatic carbocycles. The van der Waals surface area contributed by atoms with E-state index in [4.69, 9.17) is 0 Å². The van der Waals surface area contributed by atoms with E-state index in [1.165, 1.54) is 77.8 Å². The van der Waals surface area contributed by atoms with Gasteiger partial charge in [-0.3, -0.25) is 4.90 Å². The topological polar surface area (TPSA) is 18.5 Å². The van der Waals surface area contributed by atoms with Crippen LogP contribution in [0.4, 0.5) is 0 Å². The summed E-state index contributed by atoms with van der Waals surface area (Å²) in [4.78, 5) is 5.61. The summed E-state index contributed by atoms with van der Waals surface area (Å²) in [5, 5.41) is 3.67. The normalized spacial score (nSPS) is 40.3. The molecule has 4 unspecified atom stereocenters. The van der Waals surface area contributed by atoms with Gasteiger partial charge in [0, 0.05) is 31.7 Å². The molecule has 3 rings (SSSR count). The zero-order chi connectivity index (χ0) is 14.7. The lowest BCUT2D eigenvalue weighted by atomic mass is 9.87. The summed E-state index contributed by atoms with van der Waals surface area (Å²) in [6, 6.07) is 1.58. The van der Waals surface area contributed by atoms with Crippen LogP contribution in [0.15, 0.2) is 0 Å². The maximum Gasteiger partial charge on any atom is 0.0264 e. The third-order valence-electron chi connectivity index (χ3n) is 6.10. The number of rotatable bonds is 3. The molecule has 3 heterocycles. The zero-order valence-corrected chi connectivity index (χ0v) is 14.2. The molecule has 3 nitrogen and oxygen atoms in total. The zero-order valence-electron chi connectivity index (χ0n) is 14.2. The van der Waals surface area contributed by atoms with Gasteiger partial charge in [-0.25, -0.2) is 0 Å². The highest BCUT2D eigenvalue weighted by atomic mass is 15.2. The van der Waals surface area contributed by atoms with Crippen LogP contribution >= 0.6 is 0 Å². The lowest BCUT2D eigenvalue weighted by molar-refractivity contribution is 0.0328. The number of hydrogen-bond acceptors (Lipinski definition) is 3. The Kier molecular flexibility index (Phi) is 5.58. The molecule has 0 aliphatic carbocycles. The van der Waals surface area contributed by atoms with Crippen molar-refractivity contribution in [1.82, 2.24) is 15.1 Å². The molecule has 0 bridgehead atoms. The van der Waals surface area contributed by atoms with Crippen molar-refractivity contribution >= 4 is 0 Å². The largest absolute Gasteiger partial charge is 0.315 e. The van der Waals surface area contributed by atoms with E-state index in [1.807, 2.05) is 0 Å². The number of piperidine rings is 3. The fourth-order valence-electron chi connectivity index (χ4n) is 4.89. The van der Waals surface area contributed by atoms with Crippen molar-refractivity contribution in [3.8, 4) is 0 Å². The van der Waals surface area contributed by atoms with Gasteiger partial charge in [-0.15, -0.1) is 0 Å². The molecule has 122 valence electrons. The van der Waals surface area contributed by atoms with Crippen LogP contribution in [0.2, 0.25) is 0 Å². The van der Waals surface area contributed by atoms with Crippen LogP contribution < -0.4 is 5.32 Å². The Balaban J connectivity index is 1.60. The van der Waals surface area contributed by atoms with Gasteiger partial charge in [0.05, 0.1) is 0 Å². The molecule has 0 spiro atoms. The number of hydrogen-bond donors (Lipinski definition) is 1. The standard InChI is InChI=1S/C18H35N3/c1-15-6-5-10-20(13-15)14-17-8-9-19-12-18(17)21-11-4-3-7-16(21)2/h15-19H,3-14H2,1-2H3. The molecule has 0 aromatic rings. The van der Waals surface area contributed by atoms with Crippen LogP contribution in [0, 0.1) is 11.8 Å². The fraction of sp³-hybridized carbons (Fsp3) is 1.00. The van der Waals surface area contributed by atoms with Crippen molar-refractivity contribution in [1.29, 1.82) is 0 Å². The van der Waals surface area contributed by atoms with Gasteiger partial charge < -0.3 is 10.2 Å². The first kappa shape index (κ1) is 15.8. The monoisotopic (exact) mass is 293 g/mol. The van der Waals surface area contributed by atoms with Crippen LogP contribution in [0.25, 0.3) is 0 Å². The van der Waals surface area contributed by atoms with Crippen molar-refractivity contribution in [2.24, 2.45) is 11.8 Å². The lowest BCUT2D eigenvalue weighted by Crippen LogP contribution is -2.57. The van der Waals surface area contributed by atoms with Gasteiger partial charge in [0.2, 0.25) is 0 Å². The maximum atomic E-state index is 3.67. The van der Waals surface area contributed by atoms with E-state index in [9.17, 15) is 0 Å². The second-order valence-electron chi connectivity index (χ2n) is 7.91. The van der Waals surface area contributed by atoms with Crippen molar-refractivity contribution in [2.45, 2.75) is 64.5 Å². The van der Waals surface area contributed by atoms with Crippen molar-refractivity contribution in [3.05, 3.63) is 0 Å². The van der Waals surface area contributed by atoms with Crippen LogP contribution in [0.3, 0.4) is 0 Å². The second-order valence-corrected chi connectivity index (χ2v) is 7.91. The highest BCUT2D eigenvalue weighted by molar-refractivity contribution is 4.91. The molecule has 3 aliphatic rings. The summed E-state index contributed by atoms with van der Waals surface area (Å²) < 4.78 is 0. The van der Waals surface area contributed by atoms with E-state index < -0.39 is 0 Å². The molecule has 3 fully saturated rings. The average molecular weight is 293 g/mol. The van der Waals surface area contributed by atoms with Gasteiger partial charge in [0.15, 0.2) is 0 Å². The van der Waals surface area contributed by atoms with E-state index in [-0.39, 0.29) is 0 Å². The summed E-state index contributed by atoms with van der Waals surface area (Å²) in [6.07, 6.45) is 8.48. The van der Waals surface area contributed by atoms with E-state index in [0.29, 0.717) is 0 Å². The summed E-state index contributed by atoms with van der Waals surface area (Å²) in [6.45, 7) is 12.7. The van der Waals surface area contributed by atoms with Gasteiger partial charge in [0.1, 0.15) is 0 Å². The molecule has 0 amide bonds. The highest BCUT2D eigenvalue weighted by Gasteiger charge is 2.34. The molecule has 3 heteroatoms. The SMILES string of the molecule is CC1CCCN(CC2CCNCC2N2CCCCC2C)C1. The third kappa shape index (κ3) is 4.00. The Bertz CT molecular complexity index is 320. The molecule has 4 atom stereocenters. The predicted molar refractivity (Wildman–Crippen MR) is 89.6 cm³/mol. The lowest BCUT2D eigenvalue weighted by Gasteiger charge is -2.47. The first-order chi connectivity index (χ1) is 10.2. The van der Waals surface area contributed by atoms with Crippen LogP contribution in [0.5, 0.6) is 0 Å². The Morgan fingerprint density at radius 3 is 2.71 bits per heavy atom. The summed E-state index contributed by atoms with van der Waals surface area (Å²) >= 11 is 0. The van der Waals surface area contributed by atoms with Crippen molar-refractivity contribution in [2.75, 3.05) is 39.3 Å². The van der Waals surface area contributed by atoms with Gasteiger partial charge in [0.25, 0.3) is 0 Å². The molecule has 3 saturated heterocycles. The minimum Gasteiger partial charge on any atom is -0.315 e. The van der Waals surface area contributed by atoms with E-state index in [1.54, 1.807) is 0 Å². The van der Waals surface area contributed by atoms with E-state index >= 15 is 0 Å². The molecule has 3 aliphatic heterocycles. The highest BCUT2D eigenvalue weighted by Crippen LogP contribution is 2.27. The number of likely N-dealkylation sites (tertiary alicyclic amines) is 2. The van der Waals surface area contributed by atoms with Crippen LogP contribution in [-0.2, 0) is 0 Å². The van der Waals surface area contributed by atoms with Crippen LogP contribution in [0.1, 0.15) is 52.4 Å². The van der Waals surface area contributed by atoms with E-state index in [2.05, 4.69) is 29.0 Å². The molecular formula is C18H35N3. The second kappa shape index (κ2) is 7.43. The Morgan fingerprint density at radius 2 is 1.90 bits per heavy atom. The van der Waals surface area contributed by atoms with Crippen molar-refractivity contribution < 1.29 is 0 Å². The molecule has 0 radical (unpaired) electrons. The molecule has 0 aromatic heterocycles. The minimum absolute atomic E-state index is 0.784. The fourth-order valence-corrected chi connectivity index (χ4v) is 4.89. The van der Waals surface area contributed by atoms with Gasteiger partial charge in [-0.05, 0) is 70.5 Å². The first-order valence-corrected chi connectivity index (χ1v) is 9.43. The maximum absolute atomic E-state index is 3.67. The summed E-state index contributed by atoms with van der Waals surface area (Å²) in [5.41, 5.74) is 0. The number of nitrogens with zero attached hydrogens (tertiary/aromatic N) is 2. The van der Waals surface area contributed by atoms with Gasteiger partial charge in [-0.1, -0.05) is 13.3 Å². The molecular weight excluding hydrogens is 258 g/mol. The van der Waals surface area contributed by atoms with Gasteiger partial charge >= 0.3 is 0 Å². The molecule has 0 saturated carbocycles. The first-order valence-electron chi connectivity index (χ1n) is 9.43. The van der Waals surface area contributed by atoms with Crippen molar-refractivity contribution in [3.63, 3.8) is 0 Å².